The molecule has 1 aromatic carbocycles. The first-order valence-electron chi connectivity index (χ1n) is 7.01. The Bertz CT molecular complexity index is 543. The average Bonchev–Trinajstić information content (AvgIpc) is 3.12. The van der Waals surface area contributed by atoms with Gasteiger partial charge in [-0.2, -0.15) is 4.31 Å². The monoisotopic (exact) mass is 297 g/mol. The average molecular weight is 297 g/mol. The zero-order valence-corrected chi connectivity index (χ0v) is 12.1. The fraction of sp³-hybridized carbons (Fsp3) is 0.571. The lowest BCUT2D eigenvalue weighted by Crippen LogP contribution is -2.28. The van der Waals surface area contributed by atoms with Gasteiger partial charge in [-0.25, -0.2) is 8.42 Å². The number of hydrogen-bond donors (Lipinski definition) is 0. The van der Waals surface area contributed by atoms with Crippen LogP contribution in [-0.4, -0.2) is 38.7 Å². The van der Waals surface area contributed by atoms with Crippen LogP contribution >= 0.6 is 0 Å². The molecule has 0 radical (unpaired) electrons. The van der Waals surface area contributed by atoms with Crippen molar-refractivity contribution in [1.29, 1.82) is 0 Å². The molecule has 1 saturated carbocycles. The minimum absolute atomic E-state index is 0.142. The molecule has 1 aromatic rings. The summed E-state index contributed by atoms with van der Waals surface area (Å²) < 4.78 is 36.9. The third kappa shape index (κ3) is 2.82. The first-order valence-corrected chi connectivity index (χ1v) is 8.45. The molecule has 20 heavy (non-hydrogen) atoms. The predicted octanol–water partition coefficient (Wildman–Crippen LogP) is 1.99. The van der Waals surface area contributed by atoms with Gasteiger partial charge in [0, 0.05) is 6.54 Å². The second kappa shape index (κ2) is 5.71. The second-order valence-corrected chi connectivity index (χ2v) is 7.15. The minimum atomic E-state index is -3.43. The molecular weight excluding hydrogens is 278 g/mol. The molecule has 0 atom stereocenters. The standard InChI is InChI=1S/C14H19NO4S/c16-20(17,15-9-10-18-11-15)14-7-5-13(6-8-14)19-12-3-1-2-4-12/h5-8,12H,1-4,9-11H2. The SMILES string of the molecule is O=S(=O)(c1ccc(OC2CCCC2)cc1)N1CCOC1. The van der Waals surface area contributed by atoms with Crippen LogP contribution in [0.25, 0.3) is 0 Å². The van der Waals surface area contributed by atoms with Crippen LogP contribution in [0.3, 0.4) is 0 Å². The van der Waals surface area contributed by atoms with E-state index in [0.29, 0.717) is 18.0 Å². The number of rotatable bonds is 4. The lowest BCUT2D eigenvalue weighted by atomic mass is 10.3. The number of benzene rings is 1. The normalized spacial score (nSPS) is 21.4. The molecule has 0 N–H and O–H groups in total. The third-order valence-corrected chi connectivity index (χ3v) is 5.62. The van der Waals surface area contributed by atoms with Gasteiger partial charge < -0.3 is 9.47 Å². The van der Waals surface area contributed by atoms with Crippen LogP contribution in [0, 0.1) is 0 Å². The maximum atomic E-state index is 12.3. The van der Waals surface area contributed by atoms with E-state index in [0.717, 1.165) is 18.6 Å². The third-order valence-electron chi connectivity index (χ3n) is 3.79. The summed E-state index contributed by atoms with van der Waals surface area (Å²) in [7, 11) is -3.43. The highest BCUT2D eigenvalue weighted by Crippen LogP contribution is 2.26. The molecule has 1 heterocycles. The molecule has 0 unspecified atom stereocenters. The fourth-order valence-electron chi connectivity index (χ4n) is 2.62. The van der Waals surface area contributed by atoms with E-state index in [-0.39, 0.29) is 12.8 Å². The number of hydrogen-bond acceptors (Lipinski definition) is 4. The van der Waals surface area contributed by atoms with Crippen molar-refractivity contribution in [2.45, 2.75) is 36.7 Å². The van der Waals surface area contributed by atoms with Crippen LogP contribution in [0.1, 0.15) is 25.7 Å². The van der Waals surface area contributed by atoms with Crippen LogP contribution in [0.2, 0.25) is 0 Å². The Labute approximate surface area is 119 Å². The van der Waals surface area contributed by atoms with Crippen molar-refractivity contribution < 1.29 is 17.9 Å². The maximum Gasteiger partial charge on any atom is 0.245 e. The van der Waals surface area contributed by atoms with Crippen molar-refractivity contribution in [2.24, 2.45) is 0 Å². The van der Waals surface area contributed by atoms with Gasteiger partial charge in [-0.1, -0.05) is 0 Å². The van der Waals surface area contributed by atoms with Crippen molar-refractivity contribution in [1.82, 2.24) is 4.31 Å². The number of ether oxygens (including phenoxy) is 2. The summed E-state index contributed by atoms with van der Waals surface area (Å²) in [5.41, 5.74) is 0. The van der Waals surface area contributed by atoms with E-state index in [1.807, 2.05) is 0 Å². The van der Waals surface area contributed by atoms with E-state index in [1.165, 1.54) is 17.1 Å². The van der Waals surface area contributed by atoms with E-state index >= 15 is 0 Å². The molecule has 1 aliphatic heterocycles. The molecule has 0 aromatic heterocycles. The van der Waals surface area contributed by atoms with Crippen molar-refractivity contribution in [2.75, 3.05) is 19.9 Å². The molecule has 2 fully saturated rings. The summed E-state index contributed by atoms with van der Waals surface area (Å²) in [4.78, 5) is 0.293. The van der Waals surface area contributed by atoms with Gasteiger partial charge in [0.05, 0.1) is 17.6 Å². The summed E-state index contributed by atoms with van der Waals surface area (Å²) in [6.45, 7) is 1.02. The molecule has 0 spiro atoms. The van der Waals surface area contributed by atoms with E-state index in [2.05, 4.69) is 0 Å². The quantitative estimate of drug-likeness (QED) is 0.853. The molecule has 3 rings (SSSR count). The van der Waals surface area contributed by atoms with Gasteiger partial charge in [0.15, 0.2) is 0 Å². The lowest BCUT2D eigenvalue weighted by Gasteiger charge is -2.16. The topological polar surface area (TPSA) is 55.8 Å². The van der Waals surface area contributed by atoms with Gasteiger partial charge in [0.1, 0.15) is 12.5 Å². The van der Waals surface area contributed by atoms with Gasteiger partial charge in [-0.05, 0) is 49.9 Å². The molecule has 0 bridgehead atoms. The zero-order chi connectivity index (χ0) is 14.0. The Morgan fingerprint density at radius 2 is 1.85 bits per heavy atom. The highest BCUT2D eigenvalue weighted by molar-refractivity contribution is 7.89. The molecule has 1 aliphatic carbocycles. The lowest BCUT2D eigenvalue weighted by molar-refractivity contribution is 0.172. The van der Waals surface area contributed by atoms with Gasteiger partial charge in [0.25, 0.3) is 0 Å². The molecule has 1 saturated heterocycles. The molecule has 2 aliphatic rings. The zero-order valence-electron chi connectivity index (χ0n) is 11.3. The Hall–Kier alpha value is -1.11. The van der Waals surface area contributed by atoms with Crippen molar-refractivity contribution in [3.05, 3.63) is 24.3 Å². The molecule has 110 valence electrons. The summed E-state index contributed by atoms with van der Waals surface area (Å²) >= 11 is 0. The summed E-state index contributed by atoms with van der Waals surface area (Å²) in [5.74, 6) is 0.744. The van der Waals surface area contributed by atoms with Crippen LogP contribution in [0.15, 0.2) is 29.2 Å². The Kier molecular flexibility index (Phi) is 3.96. The molecule has 0 amide bonds. The molecule has 6 heteroatoms. The summed E-state index contributed by atoms with van der Waals surface area (Å²) in [5, 5.41) is 0. The highest BCUT2D eigenvalue weighted by Gasteiger charge is 2.27. The minimum Gasteiger partial charge on any atom is -0.490 e. The second-order valence-electron chi connectivity index (χ2n) is 5.21. The maximum absolute atomic E-state index is 12.3. The molecular formula is C14H19NO4S. The van der Waals surface area contributed by atoms with Crippen LogP contribution in [0.5, 0.6) is 5.75 Å². The molecule has 5 nitrogen and oxygen atoms in total. The predicted molar refractivity (Wildman–Crippen MR) is 74.0 cm³/mol. The van der Waals surface area contributed by atoms with Crippen LogP contribution in [0.4, 0.5) is 0 Å². The van der Waals surface area contributed by atoms with Crippen molar-refractivity contribution in [3.63, 3.8) is 0 Å². The van der Waals surface area contributed by atoms with Crippen molar-refractivity contribution >= 4 is 10.0 Å². The Morgan fingerprint density at radius 1 is 1.15 bits per heavy atom. The first kappa shape index (κ1) is 13.9. The van der Waals surface area contributed by atoms with Crippen LogP contribution < -0.4 is 4.74 Å². The smallest absolute Gasteiger partial charge is 0.245 e. The summed E-state index contributed by atoms with van der Waals surface area (Å²) in [6.07, 6.45) is 4.89. The van der Waals surface area contributed by atoms with Gasteiger partial charge in [0.2, 0.25) is 10.0 Å². The van der Waals surface area contributed by atoms with E-state index in [1.54, 1.807) is 24.3 Å². The van der Waals surface area contributed by atoms with Crippen LogP contribution in [-0.2, 0) is 14.8 Å². The largest absolute Gasteiger partial charge is 0.490 e. The van der Waals surface area contributed by atoms with Crippen molar-refractivity contribution in [3.8, 4) is 5.75 Å². The number of sulfonamides is 1. The Morgan fingerprint density at radius 3 is 2.45 bits per heavy atom. The summed E-state index contributed by atoms with van der Waals surface area (Å²) in [6, 6.07) is 6.69. The van der Waals surface area contributed by atoms with E-state index in [9.17, 15) is 8.42 Å². The first-order chi connectivity index (χ1) is 9.66. The van der Waals surface area contributed by atoms with Gasteiger partial charge >= 0.3 is 0 Å². The highest BCUT2D eigenvalue weighted by atomic mass is 32.2. The van der Waals surface area contributed by atoms with E-state index in [4.69, 9.17) is 9.47 Å². The van der Waals surface area contributed by atoms with Gasteiger partial charge in [-0.15, -0.1) is 0 Å². The number of nitrogens with zero attached hydrogens (tertiary/aromatic N) is 1. The van der Waals surface area contributed by atoms with E-state index < -0.39 is 10.0 Å². The fourth-order valence-corrected chi connectivity index (χ4v) is 3.93. The van der Waals surface area contributed by atoms with Gasteiger partial charge in [-0.3, -0.25) is 0 Å². The Balaban J connectivity index is 1.71.